The molecule has 4 heteroatoms. The predicted octanol–water partition coefficient (Wildman–Crippen LogP) is 2.82. The molecule has 0 amide bonds. The summed E-state index contributed by atoms with van der Waals surface area (Å²) in [7, 11) is 0. The van der Waals surface area contributed by atoms with Crippen LogP contribution in [0.4, 0.5) is 5.69 Å². The number of hydrogen-bond acceptors (Lipinski definition) is 4. The van der Waals surface area contributed by atoms with Gasteiger partial charge in [0.2, 0.25) is 0 Å². The van der Waals surface area contributed by atoms with Crippen molar-refractivity contribution in [3.8, 4) is 0 Å². The van der Waals surface area contributed by atoms with Crippen molar-refractivity contribution in [2.24, 2.45) is 0 Å². The second kappa shape index (κ2) is 9.77. The van der Waals surface area contributed by atoms with E-state index >= 15 is 0 Å². The van der Waals surface area contributed by atoms with Gasteiger partial charge in [0.15, 0.2) is 0 Å². The summed E-state index contributed by atoms with van der Waals surface area (Å²) < 4.78 is 0. The summed E-state index contributed by atoms with van der Waals surface area (Å²) in [5.74, 6) is 0. The maximum Gasteiger partial charge on any atom is 0.0447 e. The lowest BCUT2D eigenvalue weighted by Gasteiger charge is -2.24. The maximum absolute atomic E-state index is 9.02. The molecule has 2 aromatic rings. The number of aliphatic hydroxyl groups excluding tert-OH is 2. The highest BCUT2D eigenvalue weighted by molar-refractivity contribution is 5.70. The van der Waals surface area contributed by atoms with Crippen LogP contribution in [0.5, 0.6) is 0 Å². The minimum Gasteiger partial charge on any atom is -0.396 e. The van der Waals surface area contributed by atoms with E-state index in [1.807, 2.05) is 12.1 Å². The summed E-state index contributed by atoms with van der Waals surface area (Å²) in [5.41, 5.74) is 3.37. The molecule has 0 saturated heterocycles. The summed E-state index contributed by atoms with van der Waals surface area (Å²) in [6, 6.07) is 12.3. The minimum atomic E-state index is 0.183. The van der Waals surface area contributed by atoms with Crippen molar-refractivity contribution < 1.29 is 10.2 Å². The number of rotatable bonds is 9. The van der Waals surface area contributed by atoms with Crippen molar-refractivity contribution in [3.05, 3.63) is 59.9 Å². The largest absolute Gasteiger partial charge is 0.396 e. The molecular weight excluding hydrogens is 288 g/mol. The van der Waals surface area contributed by atoms with Gasteiger partial charge >= 0.3 is 0 Å². The Morgan fingerprint density at radius 1 is 0.783 bits per heavy atom. The van der Waals surface area contributed by atoms with Crippen LogP contribution in [0.25, 0.3) is 12.2 Å². The van der Waals surface area contributed by atoms with Crippen LogP contribution in [0.3, 0.4) is 0 Å². The standard InChI is InChI=1S/C19H24N2O2/c22-15-1-13-21(14-2-16-23)19-7-5-17(6-8-19)3-4-18-9-11-20-12-10-18/h3-12,22-23H,1-2,13-16H2/b4-3+. The van der Waals surface area contributed by atoms with Gasteiger partial charge in [-0.3, -0.25) is 4.98 Å². The van der Waals surface area contributed by atoms with E-state index in [2.05, 4.69) is 46.3 Å². The summed E-state index contributed by atoms with van der Waals surface area (Å²) in [5, 5.41) is 18.0. The highest BCUT2D eigenvalue weighted by atomic mass is 16.3. The monoisotopic (exact) mass is 312 g/mol. The fourth-order valence-corrected chi connectivity index (χ4v) is 2.36. The topological polar surface area (TPSA) is 56.6 Å². The van der Waals surface area contributed by atoms with Crippen molar-refractivity contribution in [2.75, 3.05) is 31.2 Å². The Hall–Kier alpha value is -2.17. The number of aliphatic hydroxyl groups is 2. The third-order valence-electron chi connectivity index (χ3n) is 3.60. The molecule has 0 spiro atoms. The van der Waals surface area contributed by atoms with E-state index in [0.717, 1.165) is 42.7 Å². The average molecular weight is 312 g/mol. The van der Waals surface area contributed by atoms with E-state index in [9.17, 15) is 0 Å². The Kier molecular flexibility index (Phi) is 7.30. The van der Waals surface area contributed by atoms with Gasteiger partial charge in [-0.1, -0.05) is 24.3 Å². The van der Waals surface area contributed by atoms with Crippen molar-refractivity contribution in [2.45, 2.75) is 12.8 Å². The zero-order valence-electron chi connectivity index (χ0n) is 13.3. The van der Waals surface area contributed by atoms with E-state index in [1.54, 1.807) is 12.4 Å². The minimum absolute atomic E-state index is 0.183. The molecule has 1 aromatic heterocycles. The molecule has 4 nitrogen and oxygen atoms in total. The fourth-order valence-electron chi connectivity index (χ4n) is 2.36. The van der Waals surface area contributed by atoms with Gasteiger partial charge in [0.25, 0.3) is 0 Å². The molecule has 2 N–H and O–H groups in total. The van der Waals surface area contributed by atoms with Crippen molar-refractivity contribution >= 4 is 17.8 Å². The van der Waals surface area contributed by atoms with Crippen molar-refractivity contribution in [1.29, 1.82) is 0 Å². The smallest absolute Gasteiger partial charge is 0.0447 e. The number of pyridine rings is 1. The lowest BCUT2D eigenvalue weighted by Crippen LogP contribution is -2.26. The average Bonchev–Trinajstić information content (AvgIpc) is 2.62. The Bertz CT molecular complexity index is 574. The lowest BCUT2D eigenvalue weighted by molar-refractivity contribution is 0.282. The van der Waals surface area contributed by atoms with Gasteiger partial charge < -0.3 is 15.1 Å². The van der Waals surface area contributed by atoms with E-state index in [0.29, 0.717) is 0 Å². The Labute approximate surface area is 137 Å². The van der Waals surface area contributed by atoms with Crippen molar-refractivity contribution in [3.63, 3.8) is 0 Å². The van der Waals surface area contributed by atoms with Crippen LogP contribution in [0.2, 0.25) is 0 Å². The molecule has 0 bridgehead atoms. The second-order valence-corrected chi connectivity index (χ2v) is 5.35. The molecule has 0 fully saturated rings. The van der Waals surface area contributed by atoms with Gasteiger partial charge in [-0.15, -0.1) is 0 Å². The molecule has 0 aliphatic heterocycles. The molecule has 0 aliphatic rings. The summed E-state index contributed by atoms with van der Waals surface area (Å²) in [4.78, 5) is 6.20. The SMILES string of the molecule is OCCCN(CCCO)c1ccc(/C=C/c2ccncc2)cc1. The van der Waals surface area contributed by atoms with Crippen LogP contribution < -0.4 is 4.90 Å². The molecule has 0 saturated carbocycles. The first-order valence-corrected chi connectivity index (χ1v) is 7.98. The molecule has 1 aromatic carbocycles. The molecule has 0 unspecified atom stereocenters. The van der Waals surface area contributed by atoms with E-state index < -0.39 is 0 Å². The first-order chi connectivity index (χ1) is 11.3. The van der Waals surface area contributed by atoms with Gasteiger partial charge in [0.05, 0.1) is 0 Å². The van der Waals surface area contributed by atoms with Crippen LogP contribution >= 0.6 is 0 Å². The van der Waals surface area contributed by atoms with E-state index in [1.165, 1.54) is 0 Å². The first-order valence-electron chi connectivity index (χ1n) is 7.98. The molecule has 2 rings (SSSR count). The second-order valence-electron chi connectivity index (χ2n) is 5.35. The van der Waals surface area contributed by atoms with Crippen LogP contribution in [0.1, 0.15) is 24.0 Å². The number of hydrogen-bond donors (Lipinski definition) is 2. The Balaban J connectivity index is 2.02. The number of aromatic nitrogens is 1. The quantitative estimate of drug-likeness (QED) is 0.747. The predicted molar refractivity (Wildman–Crippen MR) is 95.2 cm³/mol. The lowest BCUT2D eigenvalue weighted by atomic mass is 10.1. The van der Waals surface area contributed by atoms with Crippen LogP contribution in [-0.4, -0.2) is 41.5 Å². The highest BCUT2D eigenvalue weighted by Gasteiger charge is 2.05. The fraction of sp³-hybridized carbons (Fsp3) is 0.316. The van der Waals surface area contributed by atoms with Crippen LogP contribution in [0, 0.1) is 0 Å². The molecule has 0 atom stereocenters. The molecule has 1 heterocycles. The molecule has 122 valence electrons. The summed E-state index contributed by atoms with van der Waals surface area (Å²) >= 11 is 0. The van der Waals surface area contributed by atoms with Gasteiger partial charge in [0, 0.05) is 44.4 Å². The highest BCUT2D eigenvalue weighted by Crippen LogP contribution is 2.17. The number of benzene rings is 1. The van der Waals surface area contributed by atoms with E-state index in [-0.39, 0.29) is 13.2 Å². The summed E-state index contributed by atoms with van der Waals surface area (Å²) in [6.45, 7) is 1.95. The van der Waals surface area contributed by atoms with Crippen LogP contribution in [-0.2, 0) is 0 Å². The van der Waals surface area contributed by atoms with Crippen LogP contribution in [0.15, 0.2) is 48.8 Å². The third kappa shape index (κ3) is 5.85. The normalized spacial score (nSPS) is 11.0. The van der Waals surface area contributed by atoms with Gasteiger partial charge in [0.1, 0.15) is 0 Å². The number of anilines is 1. The van der Waals surface area contributed by atoms with Gasteiger partial charge in [-0.25, -0.2) is 0 Å². The van der Waals surface area contributed by atoms with E-state index in [4.69, 9.17) is 10.2 Å². The zero-order valence-corrected chi connectivity index (χ0v) is 13.3. The third-order valence-corrected chi connectivity index (χ3v) is 3.60. The maximum atomic E-state index is 9.02. The zero-order chi connectivity index (χ0) is 16.3. The molecule has 23 heavy (non-hydrogen) atoms. The van der Waals surface area contributed by atoms with Gasteiger partial charge in [-0.05, 0) is 48.2 Å². The first kappa shape index (κ1) is 17.2. The molecular formula is C19H24N2O2. The Morgan fingerprint density at radius 2 is 1.30 bits per heavy atom. The summed E-state index contributed by atoms with van der Waals surface area (Å²) in [6.07, 6.45) is 9.16. The molecule has 0 radical (unpaired) electrons. The number of nitrogens with zero attached hydrogens (tertiary/aromatic N) is 2. The molecule has 0 aliphatic carbocycles. The Morgan fingerprint density at radius 3 is 1.83 bits per heavy atom. The van der Waals surface area contributed by atoms with Crippen molar-refractivity contribution in [1.82, 2.24) is 4.98 Å². The van der Waals surface area contributed by atoms with Gasteiger partial charge in [-0.2, -0.15) is 0 Å².